The molecule has 5 heteroatoms. The maximum Gasteiger partial charge on any atom is 0.347 e. The van der Waals surface area contributed by atoms with Gasteiger partial charge in [0.25, 0.3) is 0 Å². The first-order chi connectivity index (χ1) is 9.17. The third-order valence-electron chi connectivity index (χ3n) is 3.03. The van der Waals surface area contributed by atoms with Crippen molar-refractivity contribution in [3.05, 3.63) is 29.3 Å². The third kappa shape index (κ3) is 2.97. The molecule has 0 aliphatic carbocycles. The number of carbonyl (C=O) groups is 2. The first-order valence-corrected chi connectivity index (χ1v) is 7.33. The van der Waals surface area contributed by atoms with Crippen molar-refractivity contribution in [3.63, 3.8) is 0 Å². The number of ketones is 1. The van der Waals surface area contributed by atoms with Crippen LogP contribution in [-0.4, -0.2) is 29.8 Å². The van der Waals surface area contributed by atoms with Crippen LogP contribution in [0.1, 0.15) is 29.3 Å². The smallest absolute Gasteiger partial charge is 0.347 e. The van der Waals surface area contributed by atoms with Crippen molar-refractivity contribution in [2.45, 2.75) is 25.9 Å². The van der Waals surface area contributed by atoms with Crippen LogP contribution in [0.2, 0.25) is 0 Å². The molecule has 1 aliphatic rings. The van der Waals surface area contributed by atoms with E-state index in [0.29, 0.717) is 30.8 Å². The number of carbonyl (C=O) groups excluding carboxylic acids is 2. The number of halogens is 1. The quantitative estimate of drug-likeness (QED) is 0.484. The first-order valence-electron chi connectivity index (χ1n) is 6.21. The number of rotatable bonds is 4. The van der Waals surface area contributed by atoms with Crippen LogP contribution in [0, 0.1) is 0 Å². The van der Waals surface area contributed by atoms with E-state index in [1.165, 1.54) is 0 Å². The second-order valence-corrected chi connectivity index (χ2v) is 4.80. The molecule has 1 aliphatic heterocycles. The van der Waals surface area contributed by atoms with E-state index in [1.807, 2.05) is 0 Å². The SMILES string of the molecule is CCOC(=O)C1CCc2c(cccc2C(=O)CBr)O1. The summed E-state index contributed by atoms with van der Waals surface area (Å²) in [7, 11) is 0. The number of hydrogen-bond acceptors (Lipinski definition) is 4. The predicted octanol–water partition coefficient (Wildman–Crippen LogP) is 2.52. The van der Waals surface area contributed by atoms with Crippen LogP contribution in [0.4, 0.5) is 0 Å². The van der Waals surface area contributed by atoms with Crippen LogP contribution in [0.25, 0.3) is 0 Å². The molecule has 1 atom stereocenters. The molecule has 0 radical (unpaired) electrons. The molecule has 0 fully saturated rings. The van der Waals surface area contributed by atoms with Crippen LogP contribution in [0.15, 0.2) is 18.2 Å². The zero-order valence-electron chi connectivity index (χ0n) is 10.6. The molecular weight excluding hydrogens is 312 g/mol. The fourth-order valence-electron chi connectivity index (χ4n) is 2.16. The molecule has 0 amide bonds. The maximum absolute atomic E-state index is 11.8. The van der Waals surface area contributed by atoms with Gasteiger partial charge in [0, 0.05) is 11.1 Å². The number of esters is 1. The number of ether oxygens (including phenoxy) is 2. The second-order valence-electron chi connectivity index (χ2n) is 4.24. The molecule has 4 nitrogen and oxygen atoms in total. The van der Waals surface area contributed by atoms with Crippen molar-refractivity contribution in [1.82, 2.24) is 0 Å². The van der Waals surface area contributed by atoms with Gasteiger partial charge < -0.3 is 9.47 Å². The maximum atomic E-state index is 11.8. The molecule has 0 saturated heterocycles. The van der Waals surface area contributed by atoms with Gasteiger partial charge in [-0.3, -0.25) is 4.79 Å². The highest BCUT2D eigenvalue weighted by Crippen LogP contribution is 2.31. The first kappa shape index (κ1) is 14.1. The number of hydrogen-bond donors (Lipinski definition) is 0. The van der Waals surface area contributed by atoms with Gasteiger partial charge in [-0.15, -0.1) is 0 Å². The highest BCUT2D eigenvalue weighted by Gasteiger charge is 2.29. The third-order valence-corrected chi connectivity index (χ3v) is 3.54. The molecule has 1 heterocycles. The number of Topliss-reactive ketones (excluding diaryl/α,β-unsaturated/α-hetero) is 1. The fraction of sp³-hybridized carbons (Fsp3) is 0.429. The summed E-state index contributed by atoms with van der Waals surface area (Å²) in [6.45, 7) is 2.11. The van der Waals surface area contributed by atoms with E-state index in [-0.39, 0.29) is 17.1 Å². The van der Waals surface area contributed by atoms with Gasteiger partial charge in [0.05, 0.1) is 11.9 Å². The van der Waals surface area contributed by atoms with Crippen molar-refractivity contribution in [3.8, 4) is 5.75 Å². The molecule has 0 aromatic heterocycles. The van der Waals surface area contributed by atoms with E-state index in [2.05, 4.69) is 15.9 Å². The standard InChI is InChI=1S/C14H15BrO4/c1-2-18-14(17)13-7-6-10-9(11(16)8-15)4-3-5-12(10)19-13/h3-5,13H,2,6-8H2,1H3. The highest BCUT2D eigenvalue weighted by atomic mass is 79.9. The highest BCUT2D eigenvalue weighted by molar-refractivity contribution is 9.09. The summed E-state index contributed by atoms with van der Waals surface area (Å²) in [6, 6.07) is 5.34. The molecular formula is C14H15BrO4. The molecule has 0 spiro atoms. The Bertz CT molecular complexity index is 498. The van der Waals surface area contributed by atoms with Gasteiger partial charge in [0.2, 0.25) is 0 Å². The molecule has 1 aromatic rings. The van der Waals surface area contributed by atoms with Crippen LogP contribution >= 0.6 is 15.9 Å². The van der Waals surface area contributed by atoms with Crippen LogP contribution in [0.5, 0.6) is 5.75 Å². The second kappa shape index (κ2) is 6.19. The molecule has 0 N–H and O–H groups in total. The van der Waals surface area contributed by atoms with Crippen molar-refractivity contribution in [2.75, 3.05) is 11.9 Å². The Labute approximate surface area is 120 Å². The zero-order valence-corrected chi connectivity index (χ0v) is 12.2. The Hall–Kier alpha value is -1.36. The van der Waals surface area contributed by atoms with E-state index in [9.17, 15) is 9.59 Å². The van der Waals surface area contributed by atoms with Crippen molar-refractivity contribution in [2.24, 2.45) is 0 Å². The van der Waals surface area contributed by atoms with Gasteiger partial charge in [0.15, 0.2) is 11.9 Å². The molecule has 0 saturated carbocycles. The van der Waals surface area contributed by atoms with Crippen molar-refractivity contribution < 1.29 is 19.1 Å². The van der Waals surface area contributed by atoms with Gasteiger partial charge in [0.1, 0.15) is 5.75 Å². The largest absolute Gasteiger partial charge is 0.478 e. The Morgan fingerprint density at radius 3 is 2.95 bits per heavy atom. The summed E-state index contributed by atoms with van der Waals surface area (Å²) in [5.74, 6) is 0.288. The normalized spacial score (nSPS) is 17.3. The van der Waals surface area contributed by atoms with Crippen LogP contribution in [-0.2, 0) is 16.0 Å². The summed E-state index contributed by atoms with van der Waals surface area (Å²) in [5.41, 5.74) is 1.55. The Balaban J connectivity index is 2.23. The summed E-state index contributed by atoms with van der Waals surface area (Å²) in [6.07, 6.45) is 0.619. The van der Waals surface area contributed by atoms with Gasteiger partial charge in [-0.1, -0.05) is 28.1 Å². The number of benzene rings is 1. The van der Waals surface area contributed by atoms with E-state index < -0.39 is 6.10 Å². The van der Waals surface area contributed by atoms with E-state index in [0.717, 1.165) is 5.56 Å². The Morgan fingerprint density at radius 2 is 2.26 bits per heavy atom. The Kier molecular flexibility index (Phi) is 4.58. The minimum atomic E-state index is -0.568. The van der Waals surface area contributed by atoms with Gasteiger partial charge in [-0.2, -0.15) is 0 Å². The van der Waals surface area contributed by atoms with Crippen molar-refractivity contribution in [1.29, 1.82) is 0 Å². The van der Waals surface area contributed by atoms with Crippen LogP contribution in [0.3, 0.4) is 0 Å². The molecule has 102 valence electrons. The minimum absolute atomic E-state index is 0.0232. The zero-order chi connectivity index (χ0) is 13.8. The van der Waals surface area contributed by atoms with Crippen LogP contribution < -0.4 is 4.74 Å². The average Bonchev–Trinajstić information content (AvgIpc) is 2.45. The number of fused-ring (bicyclic) bond motifs is 1. The lowest BCUT2D eigenvalue weighted by atomic mass is 9.95. The minimum Gasteiger partial charge on any atom is -0.478 e. The summed E-state index contributed by atoms with van der Waals surface area (Å²) in [4.78, 5) is 23.5. The van der Waals surface area contributed by atoms with Gasteiger partial charge in [-0.25, -0.2) is 4.79 Å². The summed E-state index contributed by atoms with van der Waals surface area (Å²) in [5, 5.41) is 0.282. The molecule has 0 bridgehead atoms. The van der Waals surface area contributed by atoms with Crippen molar-refractivity contribution >= 4 is 27.7 Å². The topological polar surface area (TPSA) is 52.6 Å². The monoisotopic (exact) mass is 326 g/mol. The predicted molar refractivity (Wildman–Crippen MR) is 73.9 cm³/mol. The summed E-state index contributed by atoms with van der Waals surface area (Å²) < 4.78 is 10.6. The lowest BCUT2D eigenvalue weighted by Gasteiger charge is -2.25. The summed E-state index contributed by atoms with van der Waals surface area (Å²) >= 11 is 3.17. The lowest BCUT2D eigenvalue weighted by Crippen LogP contribution is -2.33. The molecule has 1 aromatic carbocycles. The van der Waals surface area contributed by atoms with Gasteiger partial charge in [-0.05, 0) is 25.8 Å². The molecule has 2 rings (SSSR count). The fourth-order valence-corrected chi connectivity index (χ4v) is 2.46. The number of alkyl halides is 1. The van der Waals surface area contributed by atoms with E-state index in [1.54, 1.807) is 25.1 Å². The van der Waals surface area contributed by atoms with E-state index in [4.69, 9.17) is 9.47 Å². The molecule has 19 heavy (non-hydrogen) atoms. The Morgan fingerprint density at radius 1 is 1.47 bits per heavy atom. The van der Waals surface area contributed by atoms with E-state index >= 15 is 0 Å². The lowest BCUT2D eigenvalue weighted by molar-refractivity contribution is -0.152. The molecule has 1 unspecified atom stereocenters. The average molecular weight is 327 g/mol. The van der Waals surface area contributed by atoms with Gasteiger partial charge >= 0.3 is 5.97 Å².